The van der Waals surface area contributed by atoms with Crippen LogP contribution in [-0.4, -0.2) is 107 Å². The first-order valence-electron chi connectivity index (χ1n) is 15.1. The Hall–Kier alpha value is -2.12. The van der Waals surface area contributed by atoms with Crippen molar-refractivity contribution >= 4 is 23.6 Å². The van der Waals surface area contributed by atoms with Crippen LogP contribution in [0.1, 0.15) is 68.2 Å². The van der Waals surface area contributed by atoms with Gasteiger partial charge in [0, 0.05) is 17.8 Å². The summed E-state index contributed by atoms with van der Waals surface area (Å²) < 4.78 is 23.7. The van der Waals surface area contributed by atoms with E-state index in [1.807, 2.05) is 6.92 Å². The lowest BCUT2D eigenvalue weighted by molar-refractivity contribution is -0.300. The molecule has 12 nitrogen and oxygen atoms in total. The van der Waals surface area contributed by atoms with Crippen molar-refractivity contribution in [2.75, 3.05) is 14.1 Å². The van der Waals surface area contributed by atoms with Crippen molar-refractivity contribution in [3.63, 3.8) is 0 Å². The Kier molecular flexibility index (Phi) is 10.8. The third-order valence-electron chi connectivity index (χ3n) is 9.61. The van der Waals surface area contributed by atoms with Gasteiger partial charge < -0.3 is 39.4 Å². The minimum absolute atomic E-state index is 0.119. The molecule has 0 saturated carbocycles. The molecule has 0 radical (unpaired) electrons. The number of hydrogen-bond acceptors (Lipinski definition) is 11. The number of ketones is 2. The number of aliphatic hydroxyl groups excluding tert-OH is 2. The lowest BCUT2D eigenvalue weighted by atomic mass is 9.75. The average molecular weight is 599 g/mol. The number of carbonyl (C=O) groups is 4. The van der Waals surface area contributed by atoms with Crippen molar-refractivity contribution in [2.45, 2.75) is 123 Å². The molecule has 9 unspecified atom stereocenters. The van der Waals surface area contributed by atoms with Gasteiger partial charge in [0.15, 0.2) is 17.7 Å². The summed E-state index contributed by atoms with van der Waals surface area (Å²) in [7, 11) is 3.47. The molecule has 42 heavy (non-hydrogen) atoms. The van der Waals surface area contributed by atoms with Gasteiger partial charge in [-0.2, -0.15) is 0 Å². The first-order chi connectivity index (χ1) is 19.5. The van der Waals surface area contributed by atoms with E-state index in [1.165, 1.54) is 6.92 Å². The predicted octanol–water partition coefficient (Wildman–Crippen LogP) is 1.68. The van der Waals surface area contributed by atoms with Crippen molar-refractivity contribution < 1.29 is 48.3 Å². The second-order valence-corrected chi connectivity index (χ2v) is 13.0. The van der Waals surface area contributed by atoms with Gasteiger partial charge in [0.25, 0.3) is 0 Å². The Labute approximate surface area is 248 Å². The monoisotopic (exact) mass is 598 g/mol. The Morgan fingerprint density at radius 2 is 1.60 bits per heavy atom. The van der Waals surface area contributed by atoms with E-state index in [0.29, 0.717) is 6.42 Å². The average Bonchev–Trinajstić information content (AvgIpc) is 3.24. The lowest BCUT2D eigenvalue weighted by Crippen LogP contribution is -2.63. The molecule has 3 saturated heterocycles. The van der Waals surface area contributed by atoms with Crippen molar-refractivity contribution in [1.29, 1.82) is 0 Å². The fourth-order valence-electron chi connectivity index (χ4n) is 7.03. The smallest absolute Gasteiger partial charge is 0.408 e. The number of aliphatic hydroxyl groups is 2. The van der Waals surface area contributed by atoms with E-state index in [2.05, 4.69) is 5.32 Å². The molecule has 3 rings (SSSR count). The van der Waals surface area contributed by atoms with E-state index < -0.39 is 96.0 Å². The summed E-state index contributed by atoms with van der Waals surface area (Å²) in [5.74, 6) is -4.85. The zero-order chi connectivity index (χ0) is 31.8. The predicted molar refractivity (Wildman–Crippen MR) is 151 cm³/mol. The molecule has 3 N–H and O–H groups in total. The summed E-state index contributed by atoms with van der Waals surface area (Å²) in [5, 5.41) is 24.5. The second-order valence-electron chi connectivity index (χ2n) is 13.0. The van der Waals surface area contributed by atoms with Gasteiger partial charge in [0.2, 0.25) is 0 Å². The van der Waals surface area contributed by atoms with Crippen LogP contribution in [0.2, 0.25) is 0 Å². The molecule has 1 amide bonds. The minimum Gasteiger partial charge on any atom is -0.458 e. The number of Topliss-reactive ketones (excluding diaryl/α,β-unsaturated/α-hetero) is 2. The molecule has 3 aliphatic rings. The van der Waals surface area contributed by atoms with Crippen LogP contribution < -0.4 is 5.32 Å². The third kappa shape index (κ3) is 6.52. The van der Waals surface area contributed by atoms with E-state index in [4.69, 9.17) is 18.9 Å². The van der Waals surface area contributed by atoms with Crippen molar-refractivity contribution in [3.05, 3.63) is 0 Å². The van der Waals surface area contributed by atoms with Gasteiger partial charge in [0.1, 0.15) is 23.9 Å². The molecule has 12 heteroatoms. The Morgan fingerprint density at radius 1 is 0.976 bits per heavy atom. The number of amides is 1. The summed E-state index contributed by atoms with van der Waals surface area (Å²) in [6.45, 7) is 13.6. The van der Waals surface area contributed by atoms with Gasteiger partial charge in [-0.1, -0.05) is 34.6 Å². The fraction of sp³-hybridized carbons (Fsp3) is 0.867. The molecule has 3 aliphatic heterocycles. The number of nitrogens with zero attached hydrogens (tertiary/aromatic N) is 1. The summed E-state index contributed by atoms with van der Waals surface area (Å²) in [6, 6.07) is -1.44. The molecule has 0 aliphatic carbocycles. The number of hydrogen-bond donors (Lipinski definition) is 3. The van der Waals surface area contributed by atoms with Gasteiger partial charge in [-0.25, -0.2) is 4.79 Å². The number of esters is 1. The molecule has 0 bridgehead atoms. The normalized spacial score (nSPS) is 46.0. The largest absolute Gasteiger partial charge is 0.458 e. The molecule has 3 fully saturated rings. The highest BCUT2D eigenvalue weighted by molar-refractivity contribution is 6.00. The quantitative estimate of drug-likeness (QED) is 0.319. The van der Waals surface area contributed by atoms with E-state index in [-0.39, 0.29) is 18.1 Å². The Balaban J connectivity index is 2.00. The van der Waals surface area contributed by atoms with Crippen LogP contribution in [-0.2, 0) is 33.3 Å². The number of alkyl carbamates (subject to hydrolysis) is 1. The van der Waals surface area contributed by atoms with Gasteiger partial charge in [-0.15, -0.1) is 0 Å². The van der Waals surface area contributed by atoms with Crippen LogP contribution in [0, 0.1) is 29.6 Å². The standard InChI is InChI=1S/C30H50N2O10/c1-11-19-30(8)26(31-29(38)42-30)16(5)21(33)13(2)12-14(3)25(15(4)22(34)17(6)27(37)40-19)41-28-24(36)20(32(9)10)23(35)18(7)39-28/h13-20,23-26,28,35-36H,11-12H2,1-10H3,(H,31,38)/t13-,14?,15?,16+,17?,18?,19?,20?,23?,24?,25+,26-,28?,30-/m1/s1. The van der Waals surface area contributed by atoms with E-state index >= 15 is 0 Å². The van der Waals surface area contributed by atoms with Crippen LogP contribution in [0.4, 0.5) is 4.79 Å². The molecular formula is C30H50N2O10. The number of fused-ring (bicyclic) bond motifs is 1. The van der Waals surface area contributed by atoms with Gasteiger partial charge in [-0.05, 0) is 53.6 Å². The number of likely N-dealkylation sites (N-methyl/N-ethyl adjacent to an activating group) is 1. The Morgan fingerprint density at radius 3 is 2.17 bits per heavy atom. The third-order valence-corrected chi connectivity index (χ3v) is 9.61. The highest BCUT2D eigenvalue weighted by Gasteiger charge is 2.56. The molecule has 14 atom stereocenters. The first kappa shape index (κ1) is 34.4. The van der Waals surface area contributed by atoms with Crippen molar-refractivity contribution in [3.8, 4) is 0 Å². The number of rotatable bonds is 4. The van der Waals surface area contributed by atoms with Gasteiger partial charge in [-0.3, -0.25) is 14.4 Å². The van der Waals surface area contributed by atoms with Crippen LogP contribution >= 0.6 is 0 Å². The highest BCUT2D eigenvalue weighted by Crippen LogP contribution is 2.38. The van der Waals surface area contributed by atoms with Crippen molar-refractivity contribution in [1.82, 2.24) is 10.2 Å². The number of cyclic esters (lactones) is 1. The van der Waals surface area contributed by atoms with Crippen LogP contribution in [0.3, 0.4) is 0 Å². The summed E-state index contributed by atoms with van der Waals surface area (Å²) in [6.07, 6.45) is -5.85. The van der Waals surface area contributed by atoms with Crippen LogP contribution in [0.15, 0.2) is 0 Å². The molecule has 240 valence electrons. The summed E-state index contributed by atoms with van der Waals surface area (Å²) >= 11 is 0. The Bertz CT molecular complexity index is 1020. The zero-order valence-electron chi connectivity index (χ0n) is 26.5. The van der Waals surface area contributed by atoms with E-state index in [9.17, 15) is 29.4 Å². The first-order valence-corrected chi connectivity index (χ1v) is 15.1. The van der Waals surface area contributed by atoms with Crippen LogP contribution in [0.25, 0.3) is 0 Å². The molecule has 3 heterocycles. The summed E-state index contributed by atoms with van der Waals surface area (Å²) in [5.41, 5.74) is -1.31. The highest BCUT2D eigenvalue weighted by atomic mass is 16.7. The van der Waals surface area contributed by atoms with Crippen molar-refractivity contribution in [2.24, 2.45) is 29.6 Å². The molecule has 0 aromatic heterocycles. The zero-order valence-corrected chi connectivity index (χ0v) is 26.5. The maximum Gasteiger partial charge on any atom is 0.408 e. The second kappa shape index (κ2) is 13.3. The van der Waals surface area contributed by atoms with Gasteiger partial charge >= 0.3 is 12.1 Å². The number of nitrogens with one attached hydrogen (secondary N) is 1. The van der Waals surface area contributed by atoms with E-state index in [0.717, 1.165) is 0 Å². The minimum atomic E-state index is -1.31. The number of carbonyl (C=O) groups excluding carboxylic acids is 4. The maximum absolute atomic E-state index is 13.7. The fourth-order valence-corrected chi connectivity index (χ4v) is 7.03. The van der Waals surface area contributed by atoms with Crippen LogP contribution in [0.5, 0.6) is 0 Å². The molecule has 0 spiro atoms. The topological polar surface area (TPSA) is 161 Å². The SMILES string of the molecule is CCC1OC(=O)C(C)C(=O)C(C)[C@@H](OC2OC(C)C(O)C(N(C)C)C2O)C(C)C[C@@H](C)C(=O)[C@H](C)[C@H]2NC(=O)O[C@]12C. The molecular weight excluding hydrogens is 548 g/mol. The number of ether oxygens (including phenoxy) is 4. The lowest BCUT2D eigenvalue weighted by Gasteiger charge is -2.46. The summed E-state index contributed by atoms with van der Waals surface area (Å²) in [4.78, 5) is 54.9. The molecule has 0 aromatic carbocycles. The maximum atomic E-state index is 13.7. The molecule has 0 aromatic rings. The van der Waals surface area contributed by atoms with Gasteiger partial charge in [0.05, 0.1) is 30.4 Å². The van der Waals surface area contributed by atoms with E-state index in [1.54, 1.807) is 60.5 Å².